The first kappa shape index (κ1) is 16.0. The van der Waals surface area contributed by atoms with Gasteiger partial charge in [0.1, 0.15) is 5.41 Å². The van der Waals surface area contributed by atoms with Crippen LogP contribution in [0.3, 0.4) is 0 Å². The van der Waals surface area contributed by atoms with Crippen LogP contribution >= 0.6 is 0 Å². The average molecular weight is 264 g/mol. The fourth-order valence-electron chi connectivity index (χ4n) is 3.19. The summed E-state index contributed by atoms with van der Waals surface area (Å²) >= 11 is 0. The highest BCUT2D eigenvalue weighted by Crippen LogP contribution is 2.62. The minimum Gasteiger partial charge on any atom is -0.351 e. The molecule has 3 heteroatoms. The maximum Gasteiger partial charge on any atom is 0.240 e. The van der Waals surface area contributed by atoms with Crippen molar-refractivity contribution in [1.29, 1.82) is 5.26 Å². The van der Waals surface area contributed by atoms with Gasteiger partial charge < -0.3 is 5.32 Å². The van der Waals surface area contributed by atoms with Crippen LogP contribution in [0, 0.1) is 27.6 Å². The zero-order valence-electron chi connectivity index (χ0n) is 13.3. The van der Waals surface area contributed by atoms with Gasteiger partial charge >= 0.3 is 0 Å². The summed E-state index contributed by atoms with van der Waals surface area (Å²) in [4.78, 5) is 12.6. The van der Waals surface area contributed by atoms with Gasteiger partial charge in [0.2, 0.25) is 5.91 Å². The van der Waals surface area contributed by atoms with Crippen LogP contribution in [0.2, 0.25) is 0 Å². The SMILES string of the molecule is CCCC(C#N)(CCC)C(=O)NC1C(C)(C)C1(C)C. The third kappa shape index (κ3) is 2.50. The summed E-state index contributed by atoms with van der Waals surface area (Å²) in [5, 5.41) is 12.6. The van der Waals surface area contributed by atoms with Crippen molar-refractivity contribution in [3.05, 3.63) is 0 Å². The lowest BCUT2D eigenvalue weighted by molar-refractivity contribution is -0.129. The first-order valence-corrected chi connectivity index (χ1v) is 7.42. The number of carbonyl (C=O) groups excluding carboxylic acids is 1. The van der Waals surface area contributed by atoms with E-state index in [4.69, 9.17) is 0 Å². The van der Waals surface area contributed by atoms with E-state index in [1.807, 2.05) is 13.8 Å². The Balaban J connectivity index is 2.83. The van der Waals surface area contributed by atoms with Crippen LogP contribution in [0.25, 0.3) is 0 Å². The number of hydrogen-bond acceptors (Lipinski definition) is 2. The van der Waals surface area contributed by atoms with Crippen molar-refractivity contribution in [3.8, 4) is 6.07 Å². The van der Waals surface area contributed by atoms with Crippen LogP contribution < -0.4 is 5.32 Å². The monoisotopic (exact) mass is 264 g/mol. The summed E-state index contributed by atoms with van der Waals surface area (Å²) in [6.45, 7) is 12.7. The molecule has 0 saturated heterocycles. The van der Waals surface area contributed by atoms with Crippen molar-refractivity contribution in [2.75, 3.05) is 0 Å². The molecule has 1 saturated carbocycles. The first-order valence-electron chi connectivity index (χ1n) is 7.42. The summed E-state index contributed by atoms with van der Waals surface area (Å²) in [7, 11) is 0. The Bertz CT molecular complexity index is 370. The van der Waals surface area contributed by atoms with Gasteiger partial charge in [-0.2, -0.15) is 5.26 Å². The molecule has 0 radical (unpaired) electrons. The molecule has 0 atom stereocenters. The van der Waals surface area contributed by atoms with Crippen molar-refractivity contribution in [2.45, 2.75) is 73.3 Å². The lowest BCUT2D eigenvalue weighted by atomic mass is 9.79. The number of rotatable bonds is 6. The summed E-state index contributed by atoms with van der Waals surface area (Å²) in [6.07, 6.45) is 3.02. The van der Waals surface area contributed by atoms with Gasteiger partial charge in [0, 0.05) is 6.04 Å². The molecule has 0 bridgehead atoms. The zero-order chi connectivity index (χ0) is 14.9. The van der Waals surface area contributed by atoms with Crippen LogP contribution in [0.5, 0.6) is 0 Å². The second kappa shape index (κ2) is 5.15. The topological polar surface area (TPSA) is 52.9 Å². The molecule has 0 aromatic heterocycles. The number of nitrogens with zero attached hydrogens (tertiary/aromatic N) is 1. The predicted octanol–water partition coefficient (Wildman–Crippen LogP) is 3.65. The summed E-state index contributed by atoms with van der Waals surface area (Å²) in [5.74, 6) is -0.0673. The van der Waals surface area contributed by atoms with Gasteiger partial charge in [-0.25, -0.2) is 0 Å². The lowest BCUT2D eigenvalue weighted by Gasteiger charge is -2.25. The molecule has 108 valence electrons. The molecule has 1 fully saturated rings. The third-order valence-corrected chi connectivity index (χ3v) is 5.30. The fourth-order valence-corrected chi connectivity index (χ4v) is 3.19. The Morgan fingerprint density at radius 3 is 1.84 bits per heavy atom. The molecule has 0 aliphatic heterocycles. The molecule has 1 N–H and O–H groups in total. The van der Waals surface area contributed by atoms with Crippen LogP contribution in [-0.2, 0) is 4.79 Å². The van der Waals surface area contributed by atoms with E-state index in [-0.39, 0.29) is 22.8 Å². The standard InChI is InChI=1S/C16H28N2O/c1-7-9-16(11-17,10-8-2)13(19)18-12-14(3,4)15(12,5)6/h12H,7-10H2,1-6H3,(H,18,19). The van der Waals surface area contributed by atoms with Gasteiger partial charge in [0.25, 0.3) is 0 Å². The minimum absolute atomic E-state index is 0.0673. The molecule has 0 heterocycles. The van der Waals surface area contributed by atoms with Gasteiger partial charge in [-0.15, -0.1) is 0 Å². The van der Waals surface area contributed by atoms with Gasteiger partial charge in [-0.3, -0.25) is 4.79 Å². The van der Waals surface area contributed by atoms with Crippen molar-refractivity contribution in [1.82, 2.24) is 5.32 Å². The van der Waals surface area contributed by atoms with E-state index in [9.17, 15) is 10.1 Å². The predicted molar refractivity (Wildman–Crippen MR) is 77.4 cm³/mol. The highest BCUT2D eigenvalue weighted by molar-refractivity contribution is 5.86. The molecule has 19 heavy (non-hydrogen) atoms. The molecular weight excluding hydrogens is 236 g/mol. The quantitative estimate of drug-likeness (QED) is 0.796. The number of carbonyl (C=O) groups is 1. The molecule has 3 nitrogen and oxygen atoms in total. The number of nitriles is 1. The second-order valence-electron chi connectivity index (χ2n) is 7.04. The van der Waals surface area contributed by atoms with E-state index in [2.05, 4.69) is 39.1 Å². The summed E-state index contributed by atoms with van der Waals surface area (Å²) in [6, 6.07) is 2.47. The fraction of sp³-hybridized carbons (Fsp3) is 0.875. The van der Waals surface area contributed by atoms with Crippen LogP contribution in [0.1, 0.15) is 67.2 Å². The first-order chi connectivity index (χ1) is 8.69. The Morgan fingerprint density at radius 2 is 1.58 bits per heavy atom. The highest BCUT2D eigenvalue weighted by atomic mass is 16.2. The van der Waals surface area contributed by atoms with Gasteiger partial charge in [-0.1, -0.05) is 54.4 Å². The highest BCUT2D eigenvalue weighted by Gasteiger charge is 2.66. The third-order valence-electron chi connectivity index (χ3n) is 5.30. The molecule has 0 aromatic rings. The normalized spacial score (nSPS) is 20.7. The average Bonchev–Trinajstić information content (AvgIpc) is 2.71. The Hall–Kier alpha value is -1.04. The van der Waals surface area contributed by atoms with Crippen molar-refractivity contribution >= 4 is 5.91 Å². The summed E-state index contributed by atoms with van der Waals surface area (Å²) < 4.78 is 0. The maximum absolute atomic E-state index is 12.6. The number of amides is 1. The van der Waals surface area contributed by atoms with Crippen LogP contribution in [0.4, 0.5) is 0 Å². The molecule has 0 spiro atoms. The van der Waals surface area contributed by atoms with E-state index in [1.54, 1.807) is 0 Å². The smallest absolute Gasteiger partial charge is 0.240 e. The molecule has 1 amide bonds. The Kier molecular flexibility index (Phi) is 4.34. The maximum atomic E-state index is 12.6. The van der Waals surface area contributed by atoms with Crippen molar-refractivity contribution in [2.24, 2.45) is 16.2 Å². The van der Waals surface area contributed by atoms with Gasteiger partial charge in [0.15, 0.2) is 0 Å². The number of nitrogens with one attached hydrogen (secondary N) is 1. The molecule has 1 rings (SSSR count). The molecule has 1 aliphatic carbocycles. The van der Waals surface area contributed by atoms with Crippen molar-refractivity contribution < 1.29 is 4.79 Å². The largest absolute Gasteiger partial charge is 0.351 e. The lowest BCUT2D eigenvalue weighted by Crippen LogP contribution is -2.42. The molecule has 0 unspecified atom stereocenters. The van der Waals surface area contributed by atoms with E-state index in [0.717, 1.165) is 12.8 Å². The van der Waals surface area contributed by atoms with Crippen LogP contribution in [-0.4, -0.2) is 11.9 Å². The molecule has 0 aromatic carbocycles. The summed E-state index contributed by atoms with van der Waals surface area (Å²) in [5.41, 5.74) is -0.608. The van der Waals surface area contributed by atoms with E-state index < -0.39 is 5.41 Å². The van der Waals surface area contributed by atoms with Crippen molar-refractivity contribution in [3.63, 3.8) is 0 Å². The van der Waals surface area contributed by atoms with E-state index in [1.165, 1.54) is 0 Å². The zero-order valence-corrected chi connectivity index (χ0v) is 13.3. The minimum atomic E-state index is -0.835. The van der Waals surface area contributed by atoms with Crippen LogP contribution in [0.15, 0.2) is 0 Å². The van der Waals surface area contributed by atoms with E-state index in [0.29, 0.717) is 12.8 Å². The van der Waals surface area contributed by atoms with Gasteiger partial charge in [-0.05, 0) is 23.7 Å². The van der Waals surface area contributed by atoms with E-state index >= 15 is 0 Å². The molecule has 1 aliphatic rings. The molecular formula is C16H28N2O. The Labute approximate surface area is 117 Å². The number of hydrogen-bond donors (Lipinski definition) is 1. The second-order valence-corrected chi connectivity index (χ2v) is 7.04. The Morgan fingerprint density at radius 1 is 1.16 bits per heavy atom. The van der Waals surface area contributed by atoms with Gasteiger partial charge in [0.05, 0.1) is 6.07 Å².